The SMILES string of the molecule is COc1cc(Cl)c(C)cc1-n1c(SCCC(N)=O)nc2ccccc2c1=O. The number of aryl methyl sites for hydroxylation is 1. The molecule has 140 valence electrons. The lowest BCUT2D eigenvalue weighted by Gasteiger charge is -2.17. The van der Waals surface area contributed by atoms with E-state index in [0.29, 0.717) is 38.3 Å². The Hall–Kier alpha value is -2.51. The second-order valence-electron chi connectivity index (χ2n) is 5.89. The van der Waals surface area contributed by atoms with Crippen molar-refractivity contribution in [1.29, 1.82) is 0 Å². The summed E-state index contributed by atoms with van der Waals surface area (Å²) in [5, 5.41) is 1.49. The van der Waals surface area contributed by atoms with Crippen molar-refractivity contribution in [3.05, 3.63) is 57.3 Å². The van der Waals surface area contributed by atoms with Crippen LogP contribution in [0.5, 0.6) is 5.75 Å². The summed E-state index contributed by atoms with van der Waals surface area (Å²) < 4.78 is 6.94. The van der Waals surface area contributed by atoms with Gasteiger partial charge in [-0.2, -0.15) is 0 Å². The summed E-state index contributed by atoms with van der Waals surface area (Å²) in [4.78, 5) is 29.0. The number of nitrogens with zero attached hydrogens (tertiary/aromatic N) is 2. The van der Waals surface area contributed by atoms with Gasteiger partial charge in [0.25, 0.3) is 5.56 Å². The number of halogens is 1. The number of hydrogen-bond acceptors (Lipinski definition) is 5. The van der Waals surface area contributed by atoms with Gasteiger partial charge < -0.3 is 10.5 Å². The third-order valence-corrected chi connectivity index (χ3v) is 5.37. The molecule has 6 nitrogen and oxygen atoms in total. The lowest BCUT2D eigenvalue weighted by atomic mass is 10.2. The molecule has 8 heteroatoms. The molecule has 1 amide bonds. The number of aromatic nitrogens is 2. The highest BCUT2D eigenvalue weighted by atomic mass is 35.5. The summed E-state index contributed by atoms with van der Waals surface area (Å²) in [5.41, 5.74) is 6.95. The average molecular weight is 404 g/mol. The largest absolute Gasteiger partial charge is 0.495 e. The maximum Gasteiger partial charge on any atom is 0.266 e. The Morgan fingerprint density at radius 2 is 2.07 bits per heavy atom. The van der Waals surface area contributed by atoms with Crippen LogP contribution in [-0.4, -0.2) is 28.3 Å². The van der Waals surface area contributed by atoms with Crippen molar-refractivity contribution in [1.82, 2.24) is 9.55 Å². The van der Waals surface area contributed by atoms with Crippen LogP contribution in [0.25, 0.3) is 16.6 Å². The molecular formula is C19H18ClN3O3S. The molecule has 27 heavy (non-hydrogen) atoms. The maximum atomic E-state index is 13.2. The van der Waals surface area contributed by atoms with Gasteiger partial charge in [-0.25, -0.2) is 4.98 Å². The zero-order valence-electron chi connectivity index (χ0n) is 14.9. The first-order chi connectivity index (χ1) is 12.9. The molecule has 1 aromatic heterocycles. The number of para-hydroxylation sites is 1. The van der Waals surface area contributed by atoms with Crippen LogP contribution in [-0.2, 0) is 4.79 Å². The van der Waals surface area contributed by atoms with Crippen LogP contribution < -0.4 is 16.0 Å². The predicted molar refractivity (Wildman–Crippen MR) is 108 cm³/mol. The molecule has 0 atom stereocenters. The molecule has 2 N–H and O–H groups in total. The van der Waals surface area contributed by atoms with Crippen molar-refractivity contribution < 1.29 is 9.53 Å². The molecule has 0 aliphatic rings. The minimum Gasteiger partial charge on any atom is -0.495 e. The van der Waals surface area contributed by atoms with Crippen LogP contribution in [0.3, 0.4) is 0 Å². The minimum atomic E-state index is -0.405. The fraction of sp³-hybridized carbons (Fsp3) is 0.211. The van der Waals surface area contributed by atoms with Crippen LogP contribution >= 0.6 is 23.4 Å². The number of ether oxygens (including phenoxy) is 1. The molecule has 2 aromatic carbocycles. The molecular weight excluding hydrogens is 386 g/mol. The quantitative estimate of drug-likeness (QED) is 0.504. The zero-order valence-corrected chi connectivity index (χ0v) is 16.4. The van der Waals surface area contributed by atoms with Gasteiger partial charge in [0.1, 0.15) is 5.75 Å². The molecule has 0 unspecified atom stereocenters. The highest BCUT2D eigenvalue weighted by Gasteiger charge is 2.18. The maximum absolute atomic E-state index is 13.2. The van der Waals surface area contributed by atoms with Gasteiger partial charge in [-0.15, -0.1) is 0 Å². The number of carbonyl (C=O) groups is 1. The van der Waals surface area contributed by atoms with Crippen molar-refractivity contribution >= 4 is 40.2 Å². The number of nitrogens with two attached hydrogens (primary N) is 1. The summed E-state index contributed by atoms with van der Waals surface area (Å²) in [7, 11) is 1.52. The average Bonchev–Trinajstić information content (AvgIpc) is 2.64. The van der Waals surface area contributed by atoms with Gasteiger partial charge in [-0.1, -0.05) is 35.5 Å². The van der Waals surface area contributed by atoms with Crippen LogP contribution in [0.4, 0.5) is 0 Å². The van der Waals surface area contributed by atoms with Crippen LogP contribution in [0, 0.1) is 6.92 Å². The van der Waals surface area contributed by atoms with E-state index in [0.717, 1.165) is 5.56 Å². The molecule has 1 heterocycles. The highest BCUT2D eigenvalue weighted by molar-refractivity contribution is 7.99. The molecule has 0 fully saturated rings. The number of rotatable bonds is 6. The highest BCUT2D eigenvalue weighted by Crippen LogP contribution is 2.32. The lowest BCUT2D eigenvalue weighted by Crippen LogP contribution is -2.23. The Bertz CT molecular complexity index is 1080. The summed E-state index contributed by atoms with van der Waals surface area (Å²) >= 11 is 7.50. The molecule has 0 aliphatic carbocycles. The first-order valence-electron chi connectivity index (χ1n) is 8.19. The molecule has 0 spiro atoms. The number of carbonyl (C=O) groups excluding carboxylic acids is 1. The van der Waals surface area contributed by atoms with Crippen molar-refractivity contribution in [2.45, 2.75) is 18.5 Å². The summed E-state index contributed by atoms with van der Waals surface area (Å²) in [5.74, 6) is 0.466. The van der Waals surface area contributed by atoms with Crippen molar-refractivity contribution in [3.63, 3.8) is 0 Å². The van der Waals surface area contributed by atoms with Gasteiger partial charge >= 0.3 is 0 Å². The first kappa shape index (κ1) is 19.3. The Kier molecular flexibility index (Phi) is 5.72. The normalized spacial score (nSPS) is 10.9. The van der Waals surface area contributed by atoms with E-state index in [-0.39, 0.29) is 12.0 Å². The van der Waals surface area contributed by atoms with Gasteiger partial charge in [0.2, 0.25) is 5.91 Å². The molecule has 0 aliphatic heterocycles. The first-order valence-corrected chi connectivity index (χ1v) is 9.56. The fourth-order valence-electron chi connectivity index (χ4n) is 2.65. The van der Waals surface area contributed by atoms with E-state index in [1.165, 1.54) is 23.4 Å². The number of fused-ring (bicyclic) bond motifs is 1. The summed E-state index contributed by atoms with van der Waals surface area (Å²) in [6, 6.07) is 10.6. The Morgan fingerprint density at radius 1 is 1.33 bits per heavy atom. The Balaban J connectivity index is 2.27. The monoisotopic (exact) mass is 403 g/mol. The van der Waals surface area contributed by atoms with E-state index < -0.39 is 5.91 Å². The number of thioether (sulfide) groups is 1. The summed E-state index contributed by atoms with van der Waals surface area (Å²) in [6.45, 7) is 1.85. The third kappa shape index (κ3) is 3.94. The minimum absolute atomic E-state index is 0.185. The van der Waals surface area contributed by atoms with Crippen LogP contribution in [0.1, 0.15) is 12.0 Å². The molecule has 0 saturated heterocycles. The van der Waals surface area contributed by atoms with Crippen LogP contribution in [0.2, 0.25) is 5.02 Å². The number of benzene rings is 2. The lowest BCUT2D eigenvalue weighted by molar-refractivity contribution is -0.117. The summed E-state index contributed by atoms with van der Waals surface area (Å²) in [6.07, 6.45) is 0.185. The topological polar surface area (TPSA) is 87.2 Å². The van der Waals surface area contributed by atoms with Gasteiger partial charge in [0, 0.05) is 23.3 Å². The van der Waals surface area contributed by atoms with Crippen molar-refractivity contribution in [2.24, 2.45) is 5.73 Å². The van der Waals surface area contributed by atoms with Gasteiger partial charge in [0.05, 0.1) is 23.7 Å². The number of amides is 1. The Labute approximate surface area is 165 Å². The molecule has 3 aromatic rings. The second kappa shape index (κ2) is 8.02. The van der Waals surface area contributed by atoms with Gasteiger partial charge in [0.15, 0.2) is 5.16 Å². The van der Waals surface area contributed by atoms with E-state index in [9.17, 15) is 9.59 Å². The van der Waals surface area contributed by atoms with Gasteiger partial charge in [-0.05, 0) is 30.7 Å². The van der Waals surface area contributed by atoms with Crippen molar-refractivity contribution in [2.75, 3.05) is 12.9 Å². The van der Waals surface area contributed by atoms with E-state index in [2.05, 4.69) is 4.98 Å². The number of methoxy groups -OCH3 is 1. The van der Waals surface area contributed by atoms with Gasteiger partial charge in [-0.3, -0.25) is 14.2 Å². The zero-order chi connectivity index (χ0) is 19.6. The molecule has 0 saturated carbocycles. The van der Waals surface area contributed by atoms with E-state index in [1.807, 2.05) is 13.0 Å². The van der Waals surface area contributed by atoms with E-state index >= 15 is 0 Å². The predicted octanol–water partition coefficient (Wildman–Crippen LogP) is 3.32. The number of primary amides is 1. The fourth-order valence-corrected chi connectivity index (χ4v) is 3.76. The smallest absolute Gasteiger partial charge is 0.266 e. The Morgan fingerprint density at radius 3 is 2.78 bits per heavy atom. The molecule has 0 bridgehead atoms. The second-order valence-corrected chi connectivity index (χ2v) is 7.36. The van der Waals surface area contributed by atoms with Crippen LogP contribution in [0.15, 0.2) is 46.3 Å². The molecule has 0 radical (unpaired) electrons. The standard InChI is InChI=1S/C19H18ClN3O3S/c1-11-9-15(16(26-2)10-13(11)20)23-18(25)12-5-3-4-6-14(12)22-19(23)27-8-7-17(21)24/h3-6,9-10H,7-8H2,1-2H3,(H2,21,24). The van der Waals surface area contributed by atoms with E-state index in [4.69, 9.17) is 22.1 Å². The molecule has 3 rings (SSSR count). The third-order valence-electron chi connectivity index (χ3n) is 4.03. The number of hydrogen-bond donors (Lipinski definition) is 1. The van der Waals surface area contributed by atoms with E-state index in [1.54, 1.807) is 30.3 Å². The van der Waals surface area contributed by atoms with Crippen molar-refractivity contribution in [3.8, 4) is 11.4 Å².